The molecule has 0 aliphatic carbocycles. The van der Waals surface area contributed by atoms with Gasteiger partial charge in [0.1, 0.15) is 23.7 Å². The van der Waals surface area contributed by atoms with E-state index in [-0.39, 0.29) is 23.5 Å². The van der Waals surface area contributed by atoms with E-state index in [9.17, 15) is 28.3 Å². The van der Waals surface area contributed by atoms with Crippen molar-refractivity contribution in [3.8, 4) is 0 Å². The van der Waals surface area contributed by atoms with Crippen LogP contribution in [0.3, 0.4) is 0 Å². The fourth-order valence-corrected chi connectivity index (χ4v) is 3.63. The van der Waals surface area contributed by atoms with Gasteiger partial charge in [-0.25, -0.2) is 13.8 Å². The summed E-state index contributed by atoms with van der Waals surface area (Å²) in [6.07, 6.45) is 6.04. The molecule has 1 aromatic rings. The molecule has 0 aromatic heterocycles. The van der Waals surface area contributed by atoms with Gasteiger partial charge in [-0.2, -0.15) is 0 Å². The Hall–Kier alpha value is -3.46. The minimum absolute atomic E-state index is 0.00252. The third kappa shape index (κ3) is 8.96. The highest BCUT2D eigenvalue weighted by molar-refractivity contribution is 5.97. The van der Waals surface area contributed by atoms with Crippen LogP contribution in [0.2, 0.25) is 0 Å². The minimum atomic E-state index is -0.748. The minimum Gasteiger partial charge on any atom is -0.388 e. The second-order valence-electron chi connectivity index (χ2n) is 8.29. The number of Topliss-reactive ketones (excluding diaryl/α,β-unsaturated/α-hetero) is 1. The van der Waals surface area contributed by atoms with Crippen molar-refractivity contribution < 1.29 is 28.3 Å². The summed E-state index contributed by atoms with van der Waals surface area (Å²) in [4.78, 5) is 39.5. The number of hydrogen-bond donors (Lipinski definition) is 2. The second-order valence-corrected chi connectivity index (χ2v) is 8.29. The number of rotatable bonds is 7. The molecule has 36 heavy (non-hydrogen) atoms. The summed E-state index contributed by atoms with van der Waals surface area (Å²) in [5.74, 6) is -0.244. The normalized spacial score (nSPS) is 20.9. The third-order valence-electron chi connectivity index (χ3n) is 5.80. The number of aliphatic imine (C=N–C) groups is 1. The number of aldehydes is 1. The summed E-state index contributed by atoms with van der Waals surface area (Å²) < 4.78 is 23.5. The maximum Gasteiger partial charge on any atom is 0.250 e. The van der Waals surface area contributed by atoms with Crippen molar-refractivity contribution in [2.45, 2.75) is 59.2 Å². The summed E-state index contributed by atoms with van der Waals surface area (Å²) in [5, 5.41) is 12.2. The number of ketones is 1. The molecule has 0 saturated heterocycles. The Morgan fingerprint density at radius 1 is 1.25 bits per heavy atom. The van der Waals surface area contributed by atoms with Crippen LogP contribution in [0.25, 0.3) is 0 Å². The van der Waals surface area contributed by atoms with Crippen molar-refractivity contribution in [3.63, 3.8) is 0 Å². The van der Waals surface area contributed by atoms with Gasteiger partial charge in [0, 0.05) is 31.8 Å². The Labute approximate surface area is 211 Å². The zero-order valence-electron chi connectivity index (χ0n) is 21.4. The molecule has 0 spiro atoms. The molecule has 2 N–H and O–H groups in total. The van der Waals surface area contributed by atoms with Crippen LogP contribution < -0.4 is 5.32 Å². The van der Waals surface area contributed by atoms with Gasteiger partial charge < -0.3 is 20.1 Å². The van der Waals surface area contributed by atoms with Crippen molar-refractivity contribution in [3.05, 3.63) is 71.1 Å². The number of amides is 1. The van der Waals surface area contributed by atoms with Gasteiger partial charge in [0.2, 0.25) is 5.91 Å². The molecule has 1 amide bonds. The van der Waals surface area contributed by atoms with E-state index in [0.717, 1.165) is 23.0 Å². The molecule has 0 radical (unpaired) electrons. The van der Waals surface area contributed by atoms with Crippen LogP contribution in [0, 0.1) is 11.7 Å². The largest absolute Gasteiger partial charge is 0.388 e. The van der Waals surface area contributed by atoms with E-state index in [2.05, 4.69) is 10.3 Å². The van der Waals surface area contributed by atoms with E-state index in [1.54, 1.807) is 31.0 Å². The Balaban J connectivity index is 0.000000343. The number of aliphatic hydroxyl groups excluding tert-OH is 1. The Kier molecular flexibility index (Phi) is 13.2. The lowest BCUT2D eigenvalue weighted by Crippen LogP contribution is -2.35. The van der Waals surface area contributed by atoms with Gasteiger partial charge in [-0.05, 0) is 63.5 Å². The smallest absolute Gasteiger partial charge is 0.250 e. The summed E-state index contributed by atoms with van der Waals surface area (Å²) in [5.41, 5.74) is 2.67. The van der Waals surface area contributed by atoms with Gasteiger partial charge in [-0.3, -0.25) is 9.59 Å². The van der Waals surface area contributed by atoms with Crippen molar-refractivity contribution >= 4 is 24.2 Å². The quantitative estimate of drug-likeness (QED) is 0.547. The predicted molar refractivity (Wildman–Crippen MR) is 136 cm³/mol. The van der Waals surface area contributed by atoms with Crippen LogP contribution in [0.15, 0.2) is 64.7 Å². The summed E-state index contributed by atoms with van der Waals surface area (Å²) in [6, 6.07) is 6.12. The molecule has 0 bridgehead atoms. The number of carbonyl (C=O) groups is 3. The molecule has 3 atom stereocenters. The lowest BCUT2D eigenvalue weighted by molar-refractivity contribution is -0.128. The number of allylic oxidation sites excluding steroid dienone is 1. The number of aliphatic hydroxyl groups is 1. The predicted octanol–water partition coefficient (Wildman–Crippen LogP) is 4.04. The molecule has 2 heterocycles. The Bertz CT molecular complexity index is 1010. The van der Waals surface area contributed by atoms with Gasteiger partial charge in [0.05, 0.1) is 24.4 Å². The van der Waals surface area contributed by atoms with Crippen molar-refractivity contribution in [1.29, 1.82) is 0 Å². The molecule has 2 aliphatic heterocycles. The fraction of sp³-hybridized carbons (Fsp3) is 0.407. The van der Waals surface area contributed by atoms with Gasteiger partial charge in [0.25, 0.3) is 0 Å². The van der Waals surface area contributed by atoms with E-state index >= 15 is 0 Å². The third-order valence-corrected chi connectivity index (χ3v) is 5.80. The van der Waals surface area contributed by atoms with Gasteiger partial charge in [-0.1, -0.05) is 18.2 Å². The van der Waals surface area contributed by atoms with Gasteiger partial charge in [0.15, 0.2) is 0 Å². The molecule has 0 saturated carbocycles. The molecule has 2 aliphatic rings. The first kappa shape index (κ1) is 30.6. The monoisotopic (exact) mass is 503 g/mol. The Morgan fingerprint density at radius 3 is 2.33 bits per heavy atom. The van der Waals surface area contributed by atoms with Crippen LogP contribution >= 0.6 is 0 Å². The highest BCUT2D eigenvalue weighted by atomic mass is 19.1. The number of nitrogens with one attached hydrogen (secondary N) is 1. The molecular weight excluding hydrogens is 468 g/mol. The number of nitrogens with zero attached hydrogens (tertiary/aromatic N) is 2. The number of carbonyl (C=O) groups excluding carboxylic acids is 3. The molecule has 3 rings (SSSR count). The Morgan fingerprint density at radius 2 is 1.86 bits per heavy atom. The number of halogens is 2. The molecular formula is C27H35F2N3O4. The number of benzene rings is 1. The van der Waals surface area contributed by atoms with Crippen molar-refractivity contribution in [2.24, 2.45) is 10.9 Å². The summed E-state index contributed by atoms with van der Waals surface area (Å²) >= 11 is 0. The van der Waals surface area contributed by atoms with E-state index < -0.39 is 12.0 Å². The van der Waals surface area contributed by atoms with Crippen LogP contribution in [0.5, 0.6) is 0 Å². The maximum absolute atomic E-state index is 12.9. The highest BCUT2D eigenvalue weighted by Crippen LogP contribution is 2.29. The average Bonchev–Trinajstić information content (AvgIpc) is 3.07. The molecule has 9 heteroatoms. The van der Waals surface area contributed by atoms with E-state index in [4.69, 9.17) is 0 Å². The molecule has 3 unspecified atom stereocenters. The van der Waals surface area contributed by atoms with Gasteiger partial charge in [-0.15, -0.1) is 0 Å². The van der Waals surface area contributed by atoms with Crippen LogP contribution in [0.4, 0.5) is 8.78 Å². The lowest BCUT2D eigenvalue weighted by atomic mass is 9.98. The van der Waals surface area contributed by atoms with E-state index in [1.807, 2.05) is 13.8 Å². The molecule has 0 fully saturated rings. The van der Waals surface area contributed by atoms with Crippen molar-refractivity contribution in [2.75, 3.05) is 7.05 Å². The molecule has 196 valence electrons. The number of hydrogen-bond acceptors (Lipinski definition) is 6. The van der Waals surface area contributed by atoms with Crippen LogP contribution in [-0.2, 0) is 20.9 Å². The van der Waals surface area contributed by atoms with Crippen molar-refractivity contribution in [1.82, 2.24) is 10.2 Å². The lowest BCUT2D eigenvalue weighted by Gasteiger charge is -2.26. The summed E-state index contributed by atoms with van der Waals surface area (Å²) in [7, 11) is 1.71. The summed E-state index contributed by atoms with van der Waals surface area (Å²) in [6.45, 7) is 7.26. The molecule has 7 nitrogen and oxygen atoms in total. The zero-order valence-corrected chi connectivity index (χ0v) is 21.4. The first-order chi connectivity index (χ1) is 17.1. The first-order valence-corrected chi connectivity index (χ1v) is 11.6. The van der Waals surface area contributed by atoms with E-state index in [0.29, 0.717) is 31.5 Å². The van der Waals surface area contributed by atoms with E-state index in [1.165, 1.54) is 37.4 Å². The topological polar surface area (TPSA) is 99.1 Å². The standard InChI is InChI=1S/C16H18FNO2.C8H12N2O2.C3H5F/c1-11-12(2)16(20)18(15(11)4-3-9-19)10-13-5-7-14(17)8-6-13;1-5(11)6-4-10-8(9-2)3-7(6)12;1-2-3-4/h5-9,15H,3-4,10H2,1-2H3;3-4,6-7,9,12H,1-2H3;2-3H,1H3/b;;3-2+. The molecule has 1 aromatic carbocycles. The average molecular weight is 504 g/mol. The first-order valence-electron chi connectivity index (χ1n) is 11.6. The second kappa shape index (κ2) is 15.5. The highest BCUT2D eigenvalue weighted by Gasteiger charge is 2.34. The van der Waals surface area contributed by atoms with Crippen LogP contribution in [-0.4, -0.2) is 53.4 Å². The van der Waals surface area contributed by atoms with Crippen LogP contribution in [0.1, 0.15) is 46.1 Å². The zero-order chi connectivity index (χ0) is 27.3. The van der Waals surface area contributed by atoms with Gasteiger partial charge >= 0.3 is 0 Å². The fourth-order valence-electron chi connectivity index (χ4n) is 3.63. The SMILES string of the molecule is C/C=C/F.CC1=C(C)C(CCC=O)N(Cc2ccc(F)cc2)C1=O.CNC1=CC(O)C(C(C)=O)C=N1. The maximum atomic E-state index is 12.9.